The molecule has 0 aliphatic carbocycles. The lowest BCUT2D eigenvalue weighted by Crippen LogP contribution is -2.10. The Morgan fingerprint density at radius 3 is 2.21 bits per heavy atom. The molecule has 146 valence electrons. The average molecular weight is 387 g/mol. The first-order valence-electron chi connectivity index (χ1n) is 9.25. The van der Waals surface area contributed by atoms with Crippen LogP contribution >= 0.6 is 0 Å². The maximum absolute atomic E-state index is 12.8. The van der Waals surface area contributed by atoms with E-state index in [2.05, 4.69) is 4.98 Å². The van der Waals surface area contributed by atoms with E-state index in [-0.39, 0.29) is 5.56 Å². The van der Waals surface area contributed by atoms with Gasteiger partial charge in [0.15, 0.2) is 11.5 Å². The summed E-state index contributed by atoms with van der Waals surface area (Å²) in [6.07, 6.45) is 0. The fourth-order valence-electron chi connectivity index (χ4n) is 3.28. The molecule has 0 aliphatic rings. The third-order valence-electron chi connectivity index (χ3n) is 4.76. The molecule has 1 N–H and O–H groups in total. The first-order chi connectivity index (χ1) is 14.2. The number of hydrogen-bond acceptors (Lipinski definition) is 4. The lowest BCUT2D eigenvalue weighted by atomic mass is 10.0. The lowest BCUT2D eigenvalue weighted by Gasteiger charge is -2.13. The number of rotatable bonds is 6. The number of nitrogens with one attached hydrogen (secondary N) is 1. The summed E-state index contributed by atoms with van der Waals surface area (Å²) in [5.41, 5.74) is 2.82. The summed E-state index contributed by atoms with van der Waals surface area (Å²) in [7, 11) is 3.15. The molecule has 1 aromatic heterocycles. The SMILES string of the molecule is COc1cc2cc(-c3ccccc3OCc3ccccc3)c(=O)[nH]c2cc1OC. The minimum atomic E-state index is -0.194. The highest BCUT2D eigenvalue weighted by Crippen LogP contribution is 2.34. The summed E-state index contributed by atoms with van der Waals surface area (Å²) < 4.78 is 16.7. The van der Waals surface area contributed by atoms with Crippen LogP contribution in [0.5, 0.6) is 17.2 Å². The van der Waals surface area contributed by atoms with E-state index in [1.807, 2.05) is 66.7 Å². The van der Waals surface area contributed by atoms with Crippen molar-refractivity contribution in [2.45, 2.75) is 6.61 Å². The van der Waals surface area contributed by atoms with Crippen LogP contribution in [0.1, 0.15) is 5.56 Å². The van der Waals surface area contributed by atoms with Gasteiger partial charge in [-0.2, -0.15) is 0 Å². The number of methoxy groups -OCH3 is 2. The number of aromatic nitrogens is 1. The highest BCUT2D eigenvalue weighted by Gasteiger charge is 2.13. The molecular weight excluding hydrogens is 366 g/mol. The molecule has 0 bridgehead atoms. The van der Waals surface area contributed by atoms with Gasteiger partial charge in [-0.25, -0.2) is 0 Å². The number of ether oxygens (including phenoxy) is 3. The first kappa shape index (κ1) is 18.6. The van der Waals surface area contributed by atoms with Gasteiger partial charge in [-0.3, -0.25) is 4.79 Å². The molecule has 1 heterocycles. The van der Waals surface area contributed by atoms with Gasteiger partial charge in [-0.1, -0.05) is 48.5 Å². The minimum absolute atomic E-state index is 0.194. The average Bonchev–Trinajstić information content (AvgIpc) is 2.77. The van der Waals surface area contributed by atoms with Crippen LogP contribution in [0.2, 0.25) is 0 Å². The Balaban J connectivity index is 1.76. The van der Waals surface area contributed by atoms with Gasteiger partial charge in [-0.15, -0.1) is 0 Å². The molecule has 0 spiro atoms. The first-order valence-corrected chi connectivity index (χ1v) is 9.25. The van der Waals surface area contributed by atoms with E-state index in [4.69, 9.17) is 14.2 Å². The quantitative estimate of drug-likeness (QED) is 0.517. The second kappa shape index (κ2) is 8.10. The molecular formula is C24H21NO4. The molecule has 4 aromatic rings. The highest BCUT2D eigenvalue weighted by atomic mass is 16.5. The maximum Gasteiger partial charge on any atom is 0.256 e. The molecule has 0 fully saturated rings. The van der Waals surface area contributed by atoms with Crippen LogP contribution in [0.4, 0.5) is 0 Å². The number of aromatic amines is 1. The van der Waals surface area contributed by atoms with Crippen LogP contribution in [0.15, 0.2) is 77.6 Å². The van der Waals surface area contributed by atoms with Gasteiger partial charge in [0, 0.05) is 17.0 Å². The van der Waals surface area contributed by atoms with Crippen molar-refractivity contribution in [2.75, 3.05) is 14.2 Å². The van der Waals surface area contributed by atoms with E-state index < -0.39 is 0 Å². The van der Waals surface area contributed by atoms with Crippen LogP contribution in [-0.2, 0) is 6.61 Å². The van der Waals surface area contributed by atoms with Gasteiger partial charge >= 0.3 is 0 Å². The summed E-state index contributed by atoms with van der Waals surface area (Å²) in [5.74, 6) is 1.82. The highest BCUT2D eigenvalue weighted by molar-refractivity contribution is 5.87. The summed E-state index contributed by atoms with van der Waals surface area (Å²) in [5, 5.41) is 0.843. The molecule has 0 aliphatic heterocycles. The molecule has 0 amide bonds. The van der Waals surface area contributed by atoms with Gasteiger partial charge in [0.1, 0.15) is 12.4 Å². The molecule has 4 rings (SSSR count). The third kappa shape index (κ3) is 3.80. The van der Waals surface area contributed by atoms with Crippen molar-refractivity contribution < 1.29 is 14.2 Å². The predicted octanol–water partition coefficient (Wildman–Crippen LogP) is 4.79. The summed E-state index contributed by atoms with van der Waals surface area (Å²) in [6, 6.07) is 22.9. The van der Waals surface area contributed by atoms with Gasteiger partial charge in [0.2, 0.25) is 0 Å². The van der Waals surface area contributed by atoms with Crippen LogP contribution in [0.3, 0.4) is 0 Å². The van der Waals surface area contributed by atoms with Crippen molar-refractivity contribution in [1.82, 2.24) is 4.98 Å². The second-order valence-corrected chi connectivity index (χ2v) is 6.58. The smallest absolute Gasteiger partial charge is 0.256 e. The molecule has 0 saturated heterocycles. The second-order valence-electron chi connectivity index (χ2n) is 6.58. The zero-order valence-corrected chi connectivity index (χ0v) is 16.3. The van der Waals surface area contributed by atoms with Crippen LogP contribution in [-0.4, -0.2) is 19.2 Å². The Kier molecular flexibility index (Phi) is 5.20. The Labute approximate surface area is 168 Å². The van der Waals surface area contributed by atoms with E-state index >= 15 is 0 Å². The number of H-pyrrole nitrogens is 1. The number of pyridine rings is 1. The lowest BCUT2D eigenvalue weighted by molar-refractivity contribution is 0.307. The van der Waals surface area contributed by atoms with Gasteiger partial charge in [0.25, 0.3) is 5.56 Å². The topological polar surface area (TPSA) is 60.5 Å². The normalized spacial score (nSPS) is 10.7. The van der Waals surface area contributed by atoms with Crippen LogP contribution in [0, 0.1) is 0 Å². The number of fused-ring (bicyclic) bond motifs is 1. The van der Waals surface area contributed by atoms with E-state index in [1.54, 1.807) is 20.3 Å². The molecule has 0 radical (unpaired) electrons. The van der Waals surface area contributed by atoms with Crippen molar-refractivity contribution in [1.29, 1.82) is 0 Å². The minimum Gasteiger partial charge on any atom is -0.493 e. The maximum atomic E-state index is 12.8. The van der Waals surface area contributed by atoms with E-state index in [0.29, 0.717) is 34.9 Å². The largest absolute Gasteiger partial charge is 0.493 e. The Hall–Kier alpha value is -3.73. The number of benzene rings is 3. The van der Waals surface area contributed by atoms with Gasteiger partial charge in [-0.05, 0) is 23.8 Å². The molecule has 0 unspecified atom stereocenters. The number of para-hydroxylation sites is 1. The molecule has 5 nitrogen and oxygen atoms in total. The van der Waals surface area contributed by atoms with Crippen molar-refractivity contribution in [2.24, 2.45) is 0 Å². The van der Waals surface area contributed by atoms with Crippen molar-refractivity contribution >= 4 is 10.9 Å². The zero-order chi connectivity index (χ0) is 20.2. The number of hydrogen-bond donors (Lipinski definition) is 1. The Bertz CT molecular complexity index is 1200. The van der Waals surface area contributed by atoms with E-state index in [9.17, 15) is 4.79 Å². The van der Waals surface area contributed by atoms with Crippen molar-refractivity contribution in [3.05, 3.63) is 88.7 Å². The Morgan fingerprint density at radius 2 is 1.45 bits per heavy atom. The molecule has 0 saturated carbocycles. The summed E-state index contributed by atoms with van der Waals surface area (Å²) in [6.45, 7) is 0.425. The molecule has 29 heavy (non-hydrogen) atoms. The fourth-order valence-corrected chi connectivity index (χ4v) is 3.28. The van der Waals surface area contributed by atoms with Crippen molar-refractivity contribution in [3.8, 4) is 28.4 Å². The molecule has 3 aromatic carbocycles. The summed E-state index contributed by atoms with van der Waals surface area (Å²) in [4.78, 5) is 15.8. The van der Waals surface area contributed by atoms with Crippen LogP contribution in [0.25, 0.3) is 22.0 Å². The van der Waals surface area contributed by atoms with E-state index in [0.717, 1.165) is 16.5 Å². The van der Waals surface area contributed by atoms with Crippen molar-refractivity contribution in [3.63, 3.8) is 0 Å². The predicted molar refractivity (Wildman–Crippen MR) is 114 cm³/mol. The zero-order valence-electron chi connectivity index (χ0n) is 16.3. The fraction of sp³-hybridized carbons (Fsp3) is 0.125. The Morgan fingerprint density at radius 1 is 0.759 bits per heavy atom. The molecule has 5 heteroatoms. The van der Waals surface area contributed by atoms with Gasteiger partial charge in [0.05, 0.1) is 25.3 Å². The monoisotopic (exact) mass is 387 g/mol. The van der Waals surface area contributed by atoms with Crippen LogP contribution < -0.4 is 19.8 Å². The summed E-state index contributed by atoms with van der Waals surface area (Å²) >= 11 is 0. The van der Waals surface area contributed by atoms with Gasteiger partial charge < -0.3 is 19.2 Å². The van der Waals surface area contributed by atoms with E-state index in [1.165, 1.54) is 0 Å². The standard InChI is InChI=1S/C24H21NO4/c1-27-22-13-17-12-19(24(26)25-20(17)14-23(22)28-2)18-10-6-7-11-21(18)29-15-16-8-4-3-5-9-16/h3-14H,15H2,1-2H3,(H,25,26). The molecule has 0 atom stereocenters. The third-order valence-corrected chi connectivity index (χ3v) is 4.76.